The maximum atomic E-state index is 2.29. The Kier molecular flexibility index (Phi) is 3.20. The highest BCUT2D eigenvalue weighted by Gasteiger charge is 2.17. The molecule has 1 nitrogen and oxygen atoms in total. The van der Waals surface area contributed by atoms with Crippen molar-refractivity contribution in [2.75, 3.05) is 19.0 Å². The van der Waals surface area contributed by atoms with Crippen LogP contribution in [0.3, 0.4) is 0 Å². The first-order chi connectivity index (χ1) is 6.47. The summed E-state index contributed by atoms with van der Waals surface area (Å²) >= 11 is 0. The summed E-state index contributed by atoms with van der Waals surface area (Å²) < 4.78 is 0. The molecule has 0 aliphatic carbocycles. The number of anilines is 1. The quantitative estimate of drug-likeness (QED) is 0.707. The minimum atomic E-state index is 0.296. The molecule has 14 heavy (non-hydrogen) atoms. The SMILES string of the molecule is CCC(C)(C)c1ccc(N(C)C)cc1. The zero-order valence-corrected chi connectivity index (χ0v) is 9.96. The van der Waals surface area contributed by atoms with Crippen LogP contribution in [0, 0.1) is 0 Å². The highest BCUT2D eigenvalue weighted by Crippen LogP contribution is 2.27. The number of rotatable bonds is 3. The zero-order valence-electron chi connectivity index (χ0n) is 9.96. The van der Waals surface area contributed by atoms with Crippen molar-refractivity contribution in [3.63, 3.8) is 0 Å². The summed E-state index contributed by atoms with van der Waals surface area (Å²) in [5.74, 6) is 0. The van der Waals surface area contributed by atoms with Crippen molar-refractivity contribution in [1.29, 1.82) is 0 Å². The molecule has 0 fully saturated rings. The summed E-state index contributed by atoms with van der Waals surface area (Å²) in [7, 11) is 4.14. The summed E-state index contributed by atoms with van der Waals surface area (Å²) in [6.45, 7) is 6.81. The average Bonchev–Trinajstić information content (AvgIpc) is 2.18. The molecule has 0 atom stereocenters. The third-order valence-corrected chi connectivity index (χ3v) is 3.05. The second kappa shape index (κ2) is 4.04. The van der Waals surface area contributed by atoms with E-state index in [2.05, 4.69) is 64.0 Å². The van der Waals surface area contributed by atoms with Crippen molar-refractivity contribution in [2.45, 2.75) is 32.6 Å². The van der Waals surface area contributed by atoms with Crippen molar-refractivity contribution >= 4 is 5.69 Å². The molecular weight excluding hydrogens is 170 g/mol. The van der Waals surface area contributed by atoms with Crippen LogP contribution in [0.4, 0.5) is 5.69 Å². The van der Waals surface area contributed by atoms with E-state index >= 15 is 0 Å². The van der Waals surface area contributed by atoms with Gasteiger partial charge in [-0.15, -0.1) is 0 Å². The van der Waals surface area contributed by atoms with Gasteiger partial charge < -0.3 is 4.90 Å². The summed E-state index contributed by atoms with van der Waals surface area (Å²) in [6.07, 6.45) is 1.17. The van der Waals surface area contributed by atoms with Gasteiger partial charge >= 0.3 is 0 Å². The van der Waals surface area contributed by atoms with Crippen LogP contribution in [0.15, 0.2) is 24.3 Å². The van der Waals surface area contributed by atoms with Crippen molar-refractivity contribution < 1.29 is 0 Å². The van der Waals surface area contributed by atoms with Gasteiger partial charge in [-0.3, -0.25) is 0 Å². The molecule has 0 amide bonds. The van der Waals surface area contributed by atoms with Crippen molar-refractivity contribution in [2.24, 2.45) is 0 Å². The third-order valence-electron chi connectivity index (χ3n) is 3.05. The van der Waals surface area contributed by atoms with Crippen LogP contribution in [0.5, 0.6) is 0 Å². The van der Waals surface area contributed by atoms with Gasteiger partial charge in [0.15, 0.2) is 0 Å². The number of hydrogen-bond donors (Lipinski definition) is 0. The Morgan fingerprint density at radius 3 is 1.93 bits per heavy atom. The molecule has 0 spiro atoms. The van der Waals surface area contributed by atoms with Gasteiger partial charge in [-0.25, -0.2) is 0 Å². The minimum Gasteiger partial charge on any atom is -0.378 e. The summed E-state index contributed by atoms with van der Waals surface area (Å²) in [5, 5.41) is 0. The molecule has 0 N–H and O–H groups in total. The van der Waals surface area contributed by atoms with Crippen molar-refractivity contribution in [1.82, 2.24) is 0 Å². The fourth-order valence-corrected chi connectivity index (χ4v) is 1.41. The molecule has 0 aliphatic heterocycles. The van der Waals surface area contributed by atoms with Crippen LogP contribution in [-0.2, 0) is 5.41 Å². The van der Waals surface area contributed by atoms with Crippen LogP contribution in [-0.4, -0.2) is 14.1 Å². The van der Waals surface area contributed by atoms with Crippen molar-refractivity contribution in [3.8, 4) is 0 Å². The number of nitrogens with zero attached hydrogens (tertiary/aromatic N) is 1. The molecule has 78 valence electrons. The molecule has 1 rings (SSSR count). The molecule has 1 aromatic carbocycles. The topological polar surface area (TPSA) is 3.24 Å². The van der Waals surface area contributed by atoms with Crippen LogP contribution >= 0.6 is 0 Å². The first kappa shape index (κ1) is 11.1. The lowest BCUT2D eigenvalue weighted by Gasteiger charge is -2.24. The number of hydrogen-bond acceptors (Lipinski definition) is 1. The van der Waals surface area contributed by atoms with E-state index < -0.39 is 0 Å². The Morgan fingerprint density at radius 1 is 1.07 bits per heavy atom. The van der Waals surface area contributed by atoms with Gasteiger partial charge in [0, 0.05) is 19.8 Å². The second-order valence-corrected chi connectivity index (χ2v) is 4.68. The molecule has 0 unspecified atom stereocenters. The normalized spacial score (nSPS) is 11.5. The average molecular weight is 191 g/mol. The summed E-state index contributed by atoms with van der Waals surface area (Å²) in [4.78, 5) is 2.13. The van der Waals surface area contributed by atoms with E-state index in [9.17, 15) is 0 Å². The second-order valence-electron chi connectivity index (χ2n) is 4.68. The van der Waals surface area contributed by atoms with Gasteiger partial charge in [-0.1, -0.05) is 32.9 Å². The van der Waals surface area contributed by atoms with Crippen LogP contribution in [0.2, 0.25) is 0 Å². The molecule has 1 heteroatoms. The highest BCUT2D eigenvalue weighted by molar-refractivity contribution is 5.47. The van der Waals surface area contributed by atoms with Gasteiger partial charge in [-0.2, -0.15) is 0 Å². The van der Waals surface area contributed by atoms with Gasteiger partial charge in [0.1, 0.15) is 0 Å². The maximum absolute atomic E-state index is 2.29. The number of benzene rings is 1. The van der Waals surface area contributed by atoms with Gasteiger partial charge in [0.2, 0.25) is 0 Å². The molecule has 1 aromatic rings. The predicted molar refractivity (Wildman–Crippen MR) is 64.1 cm³/mol. The zero-order chi connectivity index (χ0) is 10.8. The van der Waals surface area contributed by atoms with Gasteiger partial charge in [0.25, 0.3) is 0 Å². The molecular formula is C13H21N. The lowest BCUT2D eigenvalue weighted by atomic mass is 9.82. The third kappa shape index (κ3) is 2.28. The molecule has 0 bridgehead atoms. The van der Waals surface area contributed by atoms with Crippen LogP contribution in [0.1, 0.15) is 32.8 Å². The Morgan fingerprint density at radius 2 is 1.57 bits per heavy atom. The van der Waals surface area contributed by atoms with Gasteiger partial charge in [0.05, 0.1) is 0 Å². The fourth-order valence-electron chi connectivity index (χ4n) is 1.41. The monoisotopic (exact) mass is 191 g/mol. The highest BCUT2D eigenvalue weighted by atomic mass is 15.1. The molecule has 0 aromatic heterocycles. The van der Waals surface area contributed by atoms with E-state index in [-0.39, 0.29) is 0 Å². The summed E-state index contributed by atoms with van der Waals surface area (Å²) in [6, 6.07) is 8.84. The first-order valence-corrected chi connectivity index (χ1v) is 5.25. The predicted octanol–water partition coefficient (Wildman–Crippen LogP) is 3.44. The van der Waals surface area contributed by atoms with E-state index in [1.54, 1.807) is 0 Å². The Bertz CT molecular complexity index is 283. The van der Waals surface area contributed by atoms with E-state index in [4.69, 9.17) is 0 Å². The van der Waals surface area contributed by atoms with E-state index in [1.807, 2.05) is 0 Å². The largest absolute Gasteiger partial charge is 0.378 e. The Hall–Kier alpha value is -0.980. The van der Waals surface area contributed by atoms with E-state index in [1.165, 1.54) is 17.7 Å². The van der Waals surface area contributed by atoms with Crippen molar-refractivity contribution in [3.05, 3.63) is 29.8 Å². The molecule has 0 saturated heterocycles. The molecule has 0 aliphatic rings. The van der Waals surface area contributed by atoms with E-state index in [0.717, 1.165) is 0 Å². The maximum Gasteiger partial charge on any atom is 0.0361 e. The van der Waals surface area contributed by atoms with Crippen LogP contribution < -0.4 is 4.90 Å². The molecule has 0 saturated carbocycles. The smallest absolute Gasteiger partial charge is 0.0361 e. The Labute approximate surface area is 87.7 Å². The standard InChI is InChI=1S/C13H21N/c1-6-13(2,3)11-7-9-12(10-8-11)14(4)5/h7-10H,6H2,1-5H3. The first-order valence-electron chi connectivity index (χ1n) is 5.25. The summed E-state index contributed by atoms with van der Waals surface area (Å²) in [5.41, 5.74) is 2.98. The van der Waals surface area contributed by atoms with Crippen LogP contribution in [0.25, 0.3) is 0 Å². The lowest BCUT2D eigenvalue weighted by molar-refractivity contribution is 0.506. The Balaban J connectivity index is 2.94. The minimum absolute atomic E-state index is 0.296. The molecule has 0 heterocycles. The van der Waals surface area contributed by atoms with E-state index in [0.29, 0.717) is 5.41 Å². The lowest BCUT2D eigenvalue weighted by Crippen LogP contribution is -2.16. The van der Waals surface area contributed by atoms with Gasteiger partial charge in [-0.05, 0) is 29.5 Å². The fraction of sp³-hybridized carbons (Fsp3) is 0.538. The molecule has 0 radical (unpaired) electrons.